The zero-order valence-electron chi connectivity index (χ0n) is 11.8. The van der Waals surface area contributed by atoms with E-state index in [-0.39, 0.29) is 0 Å². The van der Waals surface area contributed by atoms with Gasteiger partial charge in [0.25, 0.3) is 20.2 Å². The van der Waals surface area contributed by atoms with E-state index in [1.165, 1.54) is 0 Å². The molecule has 23 heavy (non-hydrogen) atoms. The molecule has 6 N–H and O–H groups in total. The van der Waals surface area contributed by atoms with Gasteiger partial charge in [-0.15, -0.1) is 0 Å². The minimum Gasteiger partial charge on any atom is -0.396 e. The molecule has 1 rings (SSSR count). The molecule has 0 aliphatic heterocycles. The van der Waals surface area contributed by atoms with Crippen LogP contribution in [0.5, 0.6) is 0 Å². The summed E-state index contributed by atoms with van der Waals surface area (Å²) in [6, 6.07) is 0.645. The summed E-state index contributed by atoms with van der Waals surface area (Å²) in [5, 5.41) is 4.09. The molecule has 0 spiro atoms. The van der Waals surface area contributed by atoms with Crippen LogP contribution < -0.4 is 16.4 Å². The SMILES string of the molecule is CC(=O)Nc1cc(S(=O)(=O)O)c(N)c(S(=O)(=O)O)c1NC(C)=O. The Morgan fingerprint density at radius 3 is 1.83 bits per heavy atom. The fraction of sp³-hybridized carbons (Fsp3) is 0.200. The first-order valence-corrected chi connectivity index (χ1v) is 8.59. The van der Waals surface area contributed by atoms with Crippen LogP contribution in [-0.4, -0.2) is 37.8 Å². The number of carbonyl (C=O) groups is 2. The monoisotopic (exact) mass is 367 g/mol. The van der Waals surface area contributed by atoms with Crippen molar-refractivity contribution < 1.29 is 35.5 Å². The molecule has 0 saturated carbocycles. The summed E-state index contributed by atoms with van der Waals surface area (Å²) >= 11 is 0. The van der Waals surface area contributed by atoms with E-state index in [4.69, 9.17) is 10.3 Å². The number of anilines is 3. The van der Waals surface area contributed by atoms with E-state index in [0.29, 0.717) is 6.07 Å². The molecule has 2 amide bonds. The zero-order valence-corrected chi connectivity index (χ0v) is 13.4. The number of nitrogens with two attached hydrogens (primary N) is 1. The maximum Gasteiger partial charge on any atom is 0.298 e. The molecule has 1 aromatic carbocycles. The first-order chi connectivity index (χ1) is 10.2. The third-order valence-corrected chi connectivity index (χ3v) is 4.26. The molecule has 0 radical (unpaired) electrons. The van der Waals surface area contributed by atoms with Crippen molar-refractivity contribution in [3.8, 4) is 0 Å². The van der Waals surface area contributed by atoms with Crippen LogP contribution in [0.25, 0.3) is 0 Å². The van der Waals surface area contributed by atoms with Crippen molar-refractivity contribution in [1.29, 1.82) is 0 Å². The Morgan fingerprint density at radius 2 is 1.48 bits per heavy atom. The Labute approximate surface area is 131 Å². The molecular formula is C10H13N3O8S2. The molecule has 0 unspecified atom stereocenters. The lowest BCUT2D eigenvalue weighted by atomic mass is 10.2. The molecule has 0 heterocycles. The second-order valence-electron chi connectivity index (χ2n) is 4.35. The quantitative estimate of drug-likeness (QED) is 0.350. The summed E-state index contributed by atoms with van der Waals surface area (Å²) in [4.78, 5) is 20.2. The lowest BCUT2D eigenvalue weighted by Crippen LogP contribution is -2.19. The zero-order chi connectivity index (χ0) is 18.2. The average Bonchev–Trinajstić information content (AvgIpc) is 2.27. The van der Waals surface area contributed by atoms with Crippen molar-refractivity contribution in [1.82, 2.24) is 0 Å². The van der Waals surface area contributed by atoms with Crippen LogP contribution in [0.1, 0.15) is 13.8 Å². The number of hydrogen-bond acceptors (Lipinski definition) is 7. The van der Waals surface area contributed by atoms with Crippen LogP contribution >= 0.6 is 0 Å². The third-order valence-electron chi connectivity index (χ3n) is 2.43. The Bertz CT molecular complexity index is 889. The van der Waals surface area contributed by atoms with E-state index in [1.807, 2.05) is 5.32 Å². The molecule has 0 bridgehead atoms. The Hall–Kier alpha value is -2.22. The molecular weight excluding hydrogens is 354 g/mol. The number of nitrogens with one attached hydrogen (secondary N) is 2. The van der Waals surface area contributed by atoms with Gasteiger partial charge in [-0.25, -0.2) is 0 Å². The van der Waals surface area contributed by atoms with Gasteiger partial charge < -0.3 is 16.4 Å². The predicted molar refractivity (Wildman–Crippen MR) is 79.1 cm³/mol. The Kier molecular flexibility index (Phi) is 5.00. The molecule has 0 fully saturated rings. The van der Waals surface area contributed by atoms with Crippen LogP contribution in [0.4, 0.5) is 17.1 Å². The predicted octanol–water partition coefficient (Wildman–Crippen LogP) is -0.321. The largest absolute Gasteiger partial charge is 0.396 e. The molecule has 0 aromatic heterocycles. The van der Waals surface area contributed by atoms with Crippen LogP contribution in [0.2, 0.25) is 0 Å². The minimum absolute atomic E-state index is 0.498. The summed E-state index contributed by atoms with van der Waals surface area (Å²) in [7, 11) is -10.1. The van der Waals surface area contributed by atoms with E-state index in [9.17, 15) is 31.0 Å². The van der Waals surface area contributed by atoms with E-state index in [2.05, 4.69) is 5.32 Å². The van der Waals surface area contributed by atoms with Crippen molar-refractivity contribution in [2.24, 2.45) is 0 Å². The summed E-state index contributed by atoms with van der Waals surface area (Å²) in [5.41, 5.74) is 3.23. The molecule has 0 saturated heterocycles. The van der Waals surface area contributed by atoms with Crippen molar-refractivity contribution in [3.05, 3.63) is 6.07 Å². The Morgan fingerprint density at radius 1 is 1.00 bits per heavy atom. The van der Waals surface area contributed by atoms with E-state index in [1.54, 1.807) is 0 Å². The summed E-state index contributed by atoms with van der Waals surface area (Å²) in [6.45, 7) is 2.02. The van der Waals surface area contributed by atoms with Crippen molar-refractivity contribution >= 4 is 49.1 Å². The van der Waals surface area contributed by atoms with Crippen LogP contribution in [0.15, 0.2) is 15.9 Å². The standard InChI is InChI=1S/C10H13N3O8S2/c1-4(14)12-6-3-7(22(16,17)18)8(11)10(23(19,20)21)9(6)13-5(2)15/h3H,11H2,1-2H3,(H,12,14)(H,13,15)(H,16,17,18)(H,19,20,21). The van der Waals surface area contributed by atoms with E-state index >= 15 is 0 Å². The average molecular weight is 367 g/mol. The number of hydrogen-bond donors (Lipinski definition) is 5. The van der Waals surface area contributed by atoms with Gasteiger partial charge in [0.15, 0.2) is 0 Å². The van der Waals surface area contributed by atoms with Gasteiger partial charge in [0.1, 0.15) is 9.79 Å². The molecule has 0 atom stereocenters. The maximum absolute atomic E-state index is 11.5. The van der Waals surface area contributed by atoms with Gasteiger partial charge in [-0.05, 0) is 6.07 Å². The van der Waals surface area contributed by atoms with Crippen molar-refractivity contribution in [3.63, 3.8) is 0 Å². The second-order valence-corrected chi connectivity index (χ2v) is 7.10. The molecule has 128 valence electrons. The molecule has 13 heteroatoms. The van der Waals surface area contributed by atoms with Crippen LogP contribution in [0.3, 0.4) is 0 Å². The van der Waals surface area contributed by atoms with Crippen molar-refractivity contribution in [2.45, 2.75) is 23.6 Å². The van der Waals surface area contributed by atoms with Gasteiger partial charge in [-0.3, -0.25) is 18.7 Å². The fourth-order valence-corrected chi connectivity index (χ4v) is 3.24. The number of amides is 2. The first-order valence-electron chi connectivity index (χ1n) is 5.71. The van der Waals surface area contributed by atoms with E-state index in [0.717, 1.165) is 13.8 Å². The van der Waals surface area contributed by atoms with Gasteiger partial charge in [0.05, 0.1) is 17.1 Å². The fourth-order valence-electron chi connectivity index (χ4n) is 1.72. The first kappa shape index (κ1) is 18.8. The van der Waals surface area contributed by atoms with E-state index < -0.39 is 58.9 Å². The highest BCUT2D eigenvalue weighted by atomic mass is 32.2. The lowest BCUT2D eigenvalue weighted by Gasteiger charge is -2.17. The second kappa shape index (κ2) is 6.11. The minimum atomic E-state index is -5.12. The summed E-state index contributed by atoms with van der Waals surface area (Å²) in [6.07, 6.45) is 0. The molecule has 0 aliphatic carbocycles. The Balaban J connectivity index is 4.02. The third kappa shape index (κ3) is 4.38. The molecule has 0 aliphatic rings. The molecule has 11 nitrogen and oxygen atoms in total. The summed E-state index contributed by atoms with van der Waals surface area (Å²) < 4.78 is 64.0. The smallest absolute Gasteiger partial charge is 0.298 e. The molecule has 1 aromatic rings. The highest BCUT2D eigenvalue weighted by molar-refractivity contribution is 7.87. The topological polar surface area (TPSA) is 193 Å². The van der Waals surface area contributed by atoms with Gasteiger partial charge in [0.2, 0.25) is 11.8 Å². The lowest BCUT2D eigenvalue weighted by molar-refractivity contribution is -0.115. The highest BCUT2D eigenvalue weighted by Crippen LogP contribution is 2.39. The van der Waals surface area contributed by atoms with Gasteiger partial charge in [0, 0.05) is 13.8 Å². The number of benzene rings is 1. The van der Waals surface area contributed by atoms with Gasteiger partial charge >= 0.3 is 0 Å². The number of carbonyl (C=O) groups excluding carboxylic acids is 2. The summed E-state index contributed by atoms with van der Waals surface area (Å²) in [5.74, 6) is -1.54. The number of rotatable bonds is 4. The highest BCUT2D eigenvalue weighted by Gasteiger charge is 2.30. The van der Waals surface area contributed by atoms with Gasteiger partial charge in [-0.2, -0.15) is 16.8 Å². The van der Waals surface area contributed by atoms with Gasteiger partial charge in [-0.1, -0.05) is 0 Å². The maximum atomic E-state index is 11.5. The normalized spacial score (nSPS) is 11.8. The number of nitrogen functional groups attached to an aromatic ring is 1. The van der Waals surface area contributed by atoms with Crippen molar-refractivity contribution in [2.75, 3.05) is 16.4 Å². The van der Waals surface area contributed by atoms with Crippen LogP contribution in [-0.2, 0) is 29.8 Å². The van der Waals surface area contributed by atoms with Crippen LogP contribution in [0, 0.1) is 0 Å².